The van der Waals surface area contributed by atoms with Crippen LogP contribution in [0, 0.1) is 0 Å². The number of rotatable bonds is 7. The third-order valence-electron chi connectivity index (χ3n) is 11.8. The monoisotopic (exact) mass is 784 g/mol. The fraction of sp³-hybridized carbons (Fsp3) is 0. The Morgan fingerprint density at radius 1 is 0.350 bits per heavy atom. The van der Waals surface area contributed by atoms with Crippen molar-refractivity contribution in [1.82, 2.24) is 0 Å². The molecule has 3 nitrogen and oxygen atoms in total. The van der Waals surface area contributed by atoms with Crippen LogP contribution in [0.5, 0.6) is 0 Å². The van der Waals surface area contributed by atoms with Crippen LogP contribution in [0.4, 0.5) is 34.1 Å². The molecule has 0 amide bonds. The summed E-state index contributed by atoms with van der Waals surface area (Å²) in [6, 6.07) is 78.4. The number of thiophene rings is 1. The molecule has 0 unspecified atom stereocenters. The fourth-order valence-corrected chi connectivity index (χ4v) is 10.4. The highest BCUT2D eigenvalue weighted by Crippen LogP contribution is 2.50. The zero-order valence-corrected chi connectivity index (χ0v) is 33.3. The fourth-order valence-electron chi connectivity index (χ4n) is 9.16. The summed E-state index contributed by atoms with van der Waals surface area (Å²) in [4.78, 5) is 4.74. The summed E-state index contributed by atoms with van der Waals surface area (Å²) in [7, 11) is 0. The van der Waals surface area contributed by atoms with Gasteiger partial charge >= 0.3 is 0 Å². The molecule has 0 saturated heterocycles. The molecule has 0 atom stereocenters. The topological polar surface area (TPSA) is 19.6 Å². The molecule has 0 saturated carbocycles. The first-order chi connectivity index (χ1) is 29.8. The second-order valence-corrected chi connectivity index (χ2v) is 16.3. The lowest BCUT2D eigenvalue weighted by molar-refractivity contribution is 0.669. The zero-order chi connectivity index (χ0) is 39.6. The van der Waals surface area contributed by atoms with Gasteiger partial charge in [0.2, 0.25) is 0 Å². The first-order valence-electron chi connectivity index (χ1n) is 20.3. The molecule has 0 fully saturated rings. The second-order valence-electron chi connectivity index (χ2n) is 15.2. The van der Waals surface area contributed by atoms with E-state index in [1.165, 1.54) is 41.7 Å². The number of anilines is 6. The van der Waals surface area contributed by atoms with Crippen molar-refractivity contribution in [2.45, 2.75) is 0 Å². The van der Waals surface area contributed by atoms with E-state index in [1.54, 1.807) is 0 Å². The van der Waals surface area contributed by atoms with E-state index >= 15 is 0 Å². The normalized spacial score (nSPS) is 11.7. The zero-order valence-electron chi connectivity index (χ0n) is 32.5. The van der Waals surface area contributed by atoms with Crippen LogP contribution in [0.1, 0.15) is 0 Å². The first-order valence-corrected chi connectivity index (χ1v) is 21.2. The lowest BCUT2D eigenvalue weighted by Crippen LogP contribution is -2.11. The van der Waals surface area contributed by atoms with Gasteiger partial charge in [0.05, 0.1) is 11.4 Å². The molecule has 0 aliphatic rings. The molecule has 0 bridgehead atoms. The van der Waals surface area contributed by atoms with E-state index in [-0.39, 0.29) is 0 Å². The lowest BCUT2D eigenvalue weighted by Gasteiger charge is -2.28. The largest absolute Gasteiger partial charge is 0.454 e. The minimum absolute atomic E-state index is 0.863. The Morgan fingerprint density at radius 3 is 1.70 bits per heavy atom. The SMILES string of the molecule is c1ccc(-c2ccccc2N(c2ccc3c(c2)c2ccccc2c2c4ccc(N(c5ccccc5)c5ccccc5)cc4sc32)c2cccc3c2oc2ccccc23)cc1. The van der Waals surface area contributed by atoms with Gasteiger partial charge in [0, 0.05) is 64.6 Å². The van der Waals surface area contributed by atoms with Crippen LogP contribution in [0.3, 0.4) is 0 Å². The minimum atomic E-state index is 0.863. The van der Waals surface area contributed by atoms with Crippen LogP contribution in [-0.4, -0.2) is 0 Å². The maximum absolute atomic E-state index is 6.74. The standard InChI is InChI=1S/C56H36N2OS/c1-4-17-37(18-5-1)42-23-12-14-28-50(42)58(51-29-16-27-46-44-25-13-15-30-52(44)59-55(46)51)40-31-33-47-49(35-40)43-24-10-11-26-45(43)54-48-34-32-41(36-53(48)60-56(47)54)57(38-19-6-2-7-20-38)39-21-8-3-9-22-39/h1-36H. The number of fused-ring (bicyclic) bond motifs is 11. The molecule has 2 aromatic heterocycles. The molecular formula is C56H36N2OS. The second kappa shape index (κ2) is 14.0. The molecule has 0 N–H and O–H groups in total. The number of furan rings is 1. The molecule has 282 valence electrons. The molecule has 12 rings (SSSR count). The molecule has 0 spiro atoms. The quantitative estimate of drug-likeness (QED) is 0.150. The first kappa shape index (κ1) is 34.4. The maximum Gasteiger partial charge on any atom is 0.159 e. The average Bonchev–Trinajstić information content (AvgIpc) is 3.90. The van der Waals surface area contributed by atoms with Crippen LogP contribution in [0.15, 0.2) is 223 Å². The van der Waals surface area contributed by atoms with Crippen molar-refractivity contribution < 1.29 is 4.42 Å². The van der Waals surface area contributed by atoms with Gasteiger partial charge in [0.1, 0.15) is 5.58 Å². The Morgan fingerprint density at radius 2 is 0.933 bits per heavy atom. The van der Waals surface area contributed by atoms with Gasteiger partial charge in [-0.2, -0.15) is 0 Å². The van der Waals surface area contributed by atoms with E-state index in [1.807, 2.05) is 17.4 Å². The van der Waals surface area contributed by atoms with Gasteiger partial charge in [-0.1, -0.05) is 152 Å². The van der Waals surface area contributed by atoms with E-state index in [2.05, 4.69) is 222 Å². The van der Waals surface area contributed by atoms with E-state index in [9.17, 15) is 0 Å². The highest BCUT2D eigenvalue weighted by Gasteiger charge is 2.24. The van der Waals surface area contributed by atoms with Crippen LogP contribution in [-0.2, 0) is 0 Å². The number of nitrogens with zero attached hydrogens (tertiary/aromatic N) is 2. The third kappa shape index (κ3) is 5.49. The Kier molecular flexibility index (Phi) is 8.03. The van der Waals surface area contributed by atoms with Gasteiger partial charge in [-0.3, -0.25) is 0 Å². The number of para-hydroxylation sites is 5. The van der Waals surface area contributed by atoms with Crippen molar-refractivity contribution in [2.24, 2.45) is 0 Å². The number of hydrogen-bond donors (Lipinski definition) is 0. The van der Waals surface area contributed by atoms with Crippen molar-refractivity contribution in [3.8, 4) is 11.1 Å². The molecule has 0 radical (unpaired) electrons. The van der Waals surface area contributed by atoms with Gasteiger partial charge in [0.15, 0.2) is 5.58 Å². The van der Waals surface area contributed by atoms with E-state index in [4.69, 9.17) is 4.42 Å². The van der Waals surface area contributed by atoms with Crippen molar-refractivity contribution in [1.29, 1.82) is 0 Å². The summed E-state index contributed by atoms with van der Waals surface area (Å²) in [6.45, 7) is 0. The summed E-state index contributed by atoms with van der Waals surface area (Å²) in [5.41, 5.74) is 10.6. The number of benzene rings is 10. The average molecular weight is 785 g/mol. The minimum Gasteiger partial charge on any atom is -0.454 e. The Hall–Kier alpha value is -7.66. The van der Waals surface area contributed by atoms with Crippen molar-refractivity contribution in [2.75, 3.05) is 9.80 Å². The highest BCUT2D eigenvalue weighted by molar-refractivity contribution is 7.27. The van der Waals surface area contributed by atoms with Gasteiger partial charge in [-0.15, -0.1) is 11.3 Å². The molecule has 10 aromatic carbocycles. The summed E-state index contributed by atoms with van der Waals surface area (Å²) in [6.07, 6.45) is 0. The summed E-state index contributed by atoms with van der Waals surface area (Å²) < 4.78 is 9.30. The molecule has 0 aliphatic heterocycles. The van der Waals surface area contributed by atoms with Crippen LogP contribution in [0.2, 0.25) is 0 Å². The Balaban J connectivity index is 1.10. The van der Waals surface area contributed by atoms with Gasteiger partial charge in [-0.05, 0) is 88.5 Å². The van der Waals surface area contributed by atoms with E-state index in [0.29, 0.717) is 0 Å². The predicted molar refractivity (Wildman–Crippen MR) is 256 cm³/mol. The predicted octanol–water partition coefficient (Wildman–Crippen LogP) is 16.9. The van der Waals surface area contributed by atoms with E-state index < -0.39 is 0 Å². The molecule has 0 aliphatic carbocycles. The Bertz CT molecular complexity index is 3520. The smallest absolute Gasteiger partial charge is 0.159 e. The number of hydrogen-bond acceptors (Lipinski definition) is 4. The third-order valence-corrected chi connectivity index (χ3v) is 13.0. The molecule has 2 heterocycles. The van der Waals surface area contributed by atoms with Crippen molar-refractivity contribution >= 4 is 109 Å². The van der Waals surface area contributed by atoms with E-state index in [0.717, 1.165) is 67.2 Å². The maximum atomic E-state index is 6.74. The van der Waals surface area contributed by atoms with Crippen molar-refractivity contribution in [3.05, 3.63) is 218 Å². The summed E-state index contributed by atoms with van der Waals surface area (Å²) in [5.74, 6) is 0. The molecular weight excluding hydrogens is 749 g/mol. The lowest BCUT2D eigenvalue weighted by atomic mass is 9.96. The van der Waals surface area contributed by atoms with Gasteiger partial charge in [0.25, 0.3) is 0 Å². The summed E-state index contributed by atoms with van der Waals surface area (Å²) in [5, 5.41) is 9.75. The molecule has 12 aromatic rings. The van der Waals surface area contributed by atoms with Crippen LogP contribution < -0.4 is 9.80 Å². The van der Waals surface area contributed by atoms with Crippen molar-refractivity contribution in [3.63, 3.8) is 0 Å². The van der Waals surface area contributed by atoms with Gasteiger partial charge in [-0.25, -0.2) is 0 Å². The molecule has 60 heavy (non-hydrogen) atoms. The summed E-state index contributed by atoms with van der Waals surface area (Å²) >= 11 is 1.88. The van der Waals surface area contributed by atoms with Crippen LogP contribution >= 0.6 is 11.3 Å². The van der Waals surface area contributed by atoms with Crippen LogP contribution in [0.25, 0.3) is 74.8 Å². The van der Waals surface area contributed by atoms with Gasteiger partial charge < -0.3 is 14.2 Å². The highest BCUT2D eigenvalue weighted by atomic mass is 32.1. The Labute approximate surface area is 351 Å². The molecule has 4 heteroatoms.